The molecule has 6 nitrogen and oxygen atoms in total. The highest BCUT2D eigenvalue weighted by Crippen LogP contribution is 2.40. The third-order valence-corrected chi connectivity index (χ3v) is 4.23. The van der Waals surface area contributed by atoms with E-state index in [1.54, 1.807) is 18.2 Å². The zero-order valence-electron chi connectivity index (χ0n) is 16.5. The first kappa shape index (κ1) is 20.4. The summed E-state index contributed by atoms with van der Waals surface area (Å²) in [6.07, 6.45) is 0. The van der Waals surface area contributed by atoms with Crippen molar-refractivity contribution in [2.24, 2.45) is 0 Å². The Hall–Kier alpha value is -2.89. The normalized spacial score (nSPS) is 11.9. The Kier molecular flexibility index (Phi) is 5.31. The van der Waals surface area contributed by atoms with Crippen LogP contribution in [0.2, 0.25) is 0 Å². The summed E-state index contributed by atoms with van der Waals surface area (Å²) in [5, 5.41) is 21.9. The van der Waals surface area contributed by atoms with Crippen molar-refractivity contribution in [3.63, 3.8) is 0 Å². The van der Waals surface area contributed by atoms with Crippen LogP contribution in [0.15, 0.2) is 36.4 Å². The van der Waals surface area contributed by atoms with E-state index in [2.05, 4.69) is 0 Å². The Labute approximate surface area is 158 Å². The summed E-state index contributed by atoms with van der Waals surface area (Å²) in [7, 11) is 0. The largest absolute Gasteiger partial charge is 0.507 e. The van der Waals surface area contributed by atoms with Gasteiger partial charge in [-0.25, -0.2) is 4.79 Å². The van der Waals surface area contributed by atoms with Crippen LogP contribution in [0.5, 0.6) is 11.5 Å². The van der Waals surface area contributed by atoms with E-state index in [-0.39, 0.29) is 22.7 Å². The summed E-state index contributed by atoms with van der Waals surface area (Å²) in [4.78, 5) is 23.3. The molecule has 0 saturated carbocycles. The molecule has 6 heteroatoms. The maximum atomic E-state index is 12.7. The van der Waals surface area contributed by atoms with Crippen molar-refractivity contribution >= 4 is 11.7 Å². The number of rotatable bonds is 3. The molecule has 0 spiro atoms. The molecule has 0 aliphatic heterocycles. The summed E-state index contributed by atoms with van der Waals surface area (Å²) < 4.78 is 5.31. The Bertz CT molecular complexity index is 853. The van der Waals surface area contributed by atoms with Crippen LogP contribution >= 0.6 is 0 Å². The second-order valence-corrected chi connectivity index (χ2v) is 8.53. The third kappa shape index (κ3) is 4.45. The molecule has 1 N–H and O–H groups in total. The van der Waals surface area contributed by atoms with E-state index in [1.165, 1.54) is 18.2 Å². The predicted molar refractivity (Wildman–Crippen MR) is 104 cm³/mol. The molecular weight excluding hydrogens is 346 g/mol. The first-order chi connectivity index (χ1) is 12.3. The molecule has 0 heterocycles. The molecular formula is C21H25NO5. The zero-order valence-corrected chi connectivity index (χ0v) is 16.5. The zero-order chi connectivity index (χ0) is 20.6. The molecule has 2 rings (SSSR count). The van der Waals surface area contributed by atoms with Gasteiger partial charge < -0.3 is 9.84 Å². The molecule has 0 atom stereocenters. The number of esters is 1. The first-order valence-electron chi connectivity index (χ1n) is 8.66. The number of hydrogen-bond donors (Lipinski definition) is 1. The SMILES string of the molecule is CC(C)(C)c1cc(C(=O)Oc2ccccc2[N+](=O)[O-])cc(C(C)(C)C)c1O. The average Bonchev–Trinajstić information content (AvgIpc) is 2.53. The molecule has 0 aromatic heterocycles. The second-order valence-electron chi connectivity index (χ2n) is 8.53. The number of phenols is 1. The average molecular weight is 371 g/mol. The van der Waals surface area contributed by atoms with Crippen molar-refractivity contribution in [1.29, 1.82) is 0 Å². The number of carbonyl (C=O) groups excluding carboxylic acids is 1. The van der Waals surface area contributed by atoms with Crippen molar-refractivity contribution in [3.05, 3.63) is 63.2 Å². The molecule has 27 heavy (non-hydrogen) atoms. The maximum Gasteiger partial charge on any atom is 0.343 e. The van der Waals surface area contributed by atoms with Crippen LogP contribution in [0.1, 0.15) is 63.0 Å². The lowest BCUT2D eigenvalue weighted by molar-refractivity contribution is -0.385. The molecule has 0 saturated heterocycles. The highest BCUT2D eigenvalue weighted by molar-refractivity contribution is 5.92. The number of hydrogen-bond acceptors (Lipinski definition) is 5. The van der Waals surface area contributed by atoms with Crippen LogP contribution in [-0.2, 0) is 10.8 Å². The molecule has 0 bridgehead atoms. The topological polar surface area (TPSA) is 89.7 Å². The predicted octanol–water partition coefficient (Wildman–Crippen LogP) is 5.11. The van der Waals surface area contributed by atoms with E-state index in [0.29, 0.717) is 11.1 Å². The van der Waals surface area contributed by atoms with Crippen molar-refractivity contribution in [2.75, 3.05) is 0 Å². The molecule has 0 aliphatic carbocycles. The summed E-state index contributed by atoms with van der Waals surface area (Å²) in [5.41, 5.74) is 0.379. The van der Waals surface area contributed by atoms with Gasteiger partial charge in [0.25, 0.3) is 0 Å². The molecule has 0 unspecified atom stereocenters. The highest BCUT2D eigenvalue weighted by Gasteiger charge is 2.29. The highest BCUT2D eigenvalue weighted by atomic mass is 16.6. The Morgan fingerprint density at radius 3 is 1.93 bits per heavy atom. The number of para-hydroxylation sites is 2. The van der Waals surface area contributed by atoms with Crippen LogP contribution in [0, 0.1) is 10.1 Å². The van der Waals surface area contributed by atoms with Gasteiger partial charge in [0, 0.05) is 17.2 Å². The Morgan fingerprint density at radius 1 is 1.00 bits per heavy atom. The number of benzene rings is 2. The molecule has 0 aliphatic rings. The minimum Gasteiger partial charge on any atom is -0.507 e. The van der Waals surface area contributed by atoms with Gasteiger partial charge in [-0.05, 0) is 29.0 Å². The number of carbonyl (C=O) groups is 1. The Balaban J connectivity index is 2.55. The smallest absolute Gasteiger partial charge is 0.343 e. The van der Waals surface area contributed by atoms with Gasteiger partial charge in [-0.1, -0.05) is 53.7 Å². The van der Waals surface area contributed by atoms with E-state index in [9.17, 15) is 20.0 Å². The number of nitro benzene ring substituents is 1. The number of phenolic OH excluding ortho intramolecular Hbond substituents is 1. The maximum absolute atomic E-state index is 12.7. The molecule has 0 amide bonds. The molecule has 2 aromatic carbocycles. The fourth-order valence-corrected chi connectivity index (χ4v) is 2.75. The quantitative estimate of drug-likeness (QED) is 0.350. The lowest BCUT2D eigenvalue weighted by atomic mass is 9.78. The number of nitro groups is 1. The second kappa shape index (κ2) is 7.02. The van der Waals surface area contributed by atoms with Crippen molar-refractivity contribution in [3.8, 4) is 11.5 Å². The van der Waals surface area contributed by atoms with Gasteiger partial charge in [0.1, 0.15) is 5.75 Å². The van der Waals surface area contributed by atoms with E-state index in [4.69, 9.17) is 4.74 Å². The van der Waals surface area contributed by atoms with Gasteiger partial charge >= 0.3 is 11.7 Å². The molecule has 2 aromatic rings. The van der Waals surface area contributed by atoms with Gasteiger partial charge in [0.2, 0.25) is 5.75 Å². The summed E-state index contributed by atoms with van der Waals surface area (Å²) in [5.74, 6) is -0.673. The molecule has 0 fully saturated rings. The minimum atomic E-state index is -0.708. The van der Waals surface area contributed by atoms with Gasteiger partial charge in [-0.2, -0.15) is 0 Å². The van der Waals surface area contributed by atoms with Crippen molar-refractivity contribution in [1.82, 2.24) is 0 Å². The van der Waals surface area contributed by atoms with Gasteiger partial charge in [-0.3, -0.25) is 10.1 Å². The summed E-state index contributed by atoms with van der Waals surface area (Å²) in [6.45, 7) is 11.6. The molecule has 0 radical (unpaired) electrons. The summed E-state index contributed by atoms with van der Waals surface area (Å²) >= 11 is 0. The van der Waals surface area contributed by atoms with Crippen molar-refractivity contribution < 1.29 is 19.6 Å². The van der Waals surface area contributed by atoms with Crippen molar-refractivity contribution in [2.45, 2.75) is 52.4 Å². The van der Waals surface area contributed by atoms with Gasteiger partial charge in [-0.15, -0.1) is 0 Å². The number of aromatic hydroxyl groups is 1. The van der Waals surface area contributed by atoms with Crippen LogP contribution in [0.4, 0.5) is 5.69 Å². The fraction of sp³-hybridized carbons (Fsp3) is 0.381. The summed E-state index contributed by atoms with van der Waals surface area (Å²) in [6, 6.07) is 8.90. The van der Waals surface area contributed by atoms with E-state index in [1.807, 2.05) is 41.5 Å². The number of nitrogens with zero attached hydrogens (tertiary/aromatic N) is 1. The van der Waals surface area contributed by atoms with E-state index in [0.717, 1.165) is 0 Å². The van der Waals surface area contributed by atoms with Gasteiger partial charge in [0.05, 0.1) is 10.5 Å². The molecule has 144 valence electrons. The third-order valence-electron chi connectivity index (χ3n) is 4.23. The van der Waals surface area contributed by atoms with E-state index >= 15 is 0 Å². The van der Waals surface area contributed by atoms with Crippen LogP contribution in [-0.4, -0.2) is 16.0 Å². The Morgan fingerprint density at radius 2 is 1.48 bits per heavy atom. The van der Waals surface area contributed by atoms with Crippen LogP contribution < -0.4 is 4.74 Å². The monoisotopic (exact) mass is 371 g/mol. The fourth-order valence-electron chi connectivity index (χ4n) is 2.75. The number of ether oxygens (including phenoxy) is 1. The lowest BCUT2D eigenvalue weighted by Gasteiger charge is -2.27. The van der Waals surface area contributed by atoms with Gasteiger partial charge in [0.15, 0.2) is 0 Å². The lowest BCUT2D eigenvalue weighted by Crippen LogP contribution is -2.20. The standard InChI is InChI=1S/C21H25NO5/c1-20(2,3)14-11-13(12-15(18(14)23)21(4,5)6)19(24)27-17-10-8-7-9-16(17)22(25)26/h7-12,23H,1-6H3. The van der Waals surface area contributed by atoms with Crippen LogP contribution in [0.3, 0.4) is 0 Å². The minimum absolute atomic E-state index is 0.116. The first-order valence-corrected chi connectivity index (χ1v) is 8.66. The van der Waals surface area contributed by atoms with Crippen LogP contribution in [0.25, 0.3) is 0 Å². The van der Waals surface area contributed by atoms with E-state index < -0.39 is 21.7 Å².